The molecule has 0 bridgehead atoms. The molecule has 118 valence electrons. The Morgan fingerprint density at radius 1 is 1.32 bits per heavy atom. The van der Waals surface area contributed by atoms with Crippen LogP contribution in [0.4, 0.5) is 0 Å². The summed E-state index contributed by atoms with van der Waals surface area (Å²) in [4.78, 5) is 19.6. The molecule has 2 rings (SSSR count). The van der Waals surface area contributed by atoms with E-state index >= 15 is 0 Å². The van der Waals surface area contributed by atoms with Crippen LogP contribution in [0.15, 0.2) is 23.7 Å². The van der Waals surface area contributed by atoms with Crippen LogP contribution < -0.4 is 5.56 Å². The van der Waals surface area contributed by atoms with E-state index in [1.165, 1.54) is 0 Å². The van der Waals surface area contributed by atoms with Crippen molar-refractivity contribution in [3.63, 3.8) is 0 Å². The van der Waals surface area contributed by atoms with E-state index in [1.54, 1.807) is 11.7 Å². The van der Waals surface area contributed by atoms with Gasteiger partial charge in [0.15, 0.2) is 5.52 Å². The van der Waals surface area contributed by atoms with Crippen LogP contribution in [-0.2, 0) is 18.2 Å². The number of allylic oxidation sites excluding steroid dienone is 1. The van der Waals surface area contributed by atoms with E-state index in [0.717, 1.165) is 25.0 Å². The highest BCUT2D eigenvalue weighted by molar-refractivity contribution is 5.80. The van der Waals surface area contributed by atoms with Crippen molar-refractivity contribution in [1.82, 2.24) is 19.7 Å². The van der Waals surface area contributed by atoms with Crippen molar-refractivity contribution < 1.29 is 4.74 Å². The summed E-state index contributed by atoms with van der Waals surface area (Å²) >= 11 is 0. The van der Waals surface area contributed by atoms with Gasteiger partial charge in [-0.05, 0) is 12.8 Å². The quantitative estimate of drug-likeness (QED) is 0.630. The Balaban J connectivity index is 2.48. The van der Waals surface area contributed by atoms with Gasteiger partial charge in [0.1, 0.15) is 17.1 Å². The number of aromatic nitrogens is 4. The summed E-state index contributed by atoms with van der Waals surface area (Å²) in [6.45, 7) is 12.4. The van der Waals surface area contributed by atoms with Crippen molar-refractivity contribution in [3.05, 3.63) is 40.8 Å². The van der Waals surface area contributed by atoms with Gasteiger partial charge in [-0.25, -0.2) is 4.98 Å². The molecule has 0 aliphatic carbocycles. The molecule has 2 aromatic rings. The first-order chi connectivity index (χ1) is 10.5. The number of hydrogen-bond donors (Lipinski definition) is 1. The first-order valence-electron chi connectivity index (χ1n) is 7.46. The van der Waals surface area contributed by atoms with Crippen molar-refractivity contribution in [2.75, 3.05) is 6.61 Å². The lowest BCUT2D eigenvalue weighted by molar-refractivity contribution is 0.229. The smallest absolute Gasteiger partial charge is 0.277 e. The number of nitrogens with one attached hydrogen (secondary N) is 1. The second kappa shape index (κ2) is 6.60. The molecule has 2 aromatic heterocycles. The predicted molar refractivity (Wildman–Crippen MR) is 87.5 cm³/mol. The summed E-state index contributed by atoms with van der Waals surface area (Å²) in [6.07, 6.45) is 2.58. The molecule has 0 atom stereocenters. The Hall–Kier alpha value is -2.37. The molecule has 0 saturated carbocycles. The van der Waals surface area contributed by atoms with E-state index in [1.807, 2.05) is 6.92 Å². The number of H-pyrrole nitrogens is 1. The molecule has 0 spiro atoms. The van der Waals surface area contributed by atoms with Gasteiger partial charge in [0.2, 0.25) is 0 Å². The highest BCUT2D eigenvalue weighted by Crippen LogP contribution is 2.20. The second-order valence-electron chi connectivity index (χ2n) is 5.18. The van der Waals surface area contributed by atoms with Crippen LogP contribution in [0.3, 0.4) is 0 Å². The number of hydrogen-bond acceptors (Lipinski definition) is 4. The molecule has 6 nitrogen and oxygen atoms in total. The van der Waals surface area contributed by atoms with E-state index < -0.39 is 0 Å². The molecule has 22 heavy (non-hydrogen) atoms. The predicted octanol–water partition coefficient (Wildman–Crippen LogP) is 2.56. The average Bonchev–Trinajstić information content (AvgIpc) is 2.81. The van der Waals surface area contributed by atoms with Crippen LogP contribution in [0.5, 0.6) is 0 Å². The fraction of sp³-hybridized carbons (Fsp3) is 0.438. The zero-order valence-corrected chi connectivity index (χ0v) is 13.4. The fourth-order valence-electron chi connectivity index (χ4n) is 2.24. The summed E-state index contributed by atoms with van der Waals surface area (Å²) in [6, 6.07) is 0. The molecule has 2 heterocycles. The first-order valence-corrected chi connectivity index (χ1v) is 7.46. The van der Waals surface area contributed by atoms with Gasteiger partial charge in [0, 0.05) is 7.05 Å². The van der Waals surface area contributed by atoms with E-state index in [4.69, 9.17) is 4.74 Å². The average molecular weight is 302 g/mol. The van der Waals surface area contributed by atoms with Gasteiger partial charge in [-0.1, -0.05) is 33.4 Å². The van der Waals surface area contributed by atoms with Gasteiger partial charge >= 0.3 is 0 Å². The summed E-state index contributed by atoms with van der Waals surface area (Å²) in [7, 11) is 1.75. The maximum absolute atomic E-state index is 12.3. The van der Waals surface area contributed by atoms with Gasteiger partial charge in [-0.15, -0.1) is 0 Å². The van der Waals surface area contributed by atoms with Crippen molar-refractivity contribution in [3.8, 4) is 0 Å². The van der Waals surface area contributed by atoms with Crippen LogP contribution in [0, 0.1) is 0 Å². The van der Waals surface area contributed by atoms with Crippen LogP contribution in [0.25, 0.3) is 16.6 Å². The van der Waals surface area contributed by atoms with Gasteiger partial charge in [0.05, 0.1) is 17.9 Å². The van der Waals surface area contributed by atoms with Crippen LogP contribution in [-0.4, -0.2) is 26.4 Å². The molecule has 0 aromatic carbocycles. The molecule has 0 aliphatic heterocycles. The number of aromatic amines is 1. The number of aryl methyl sites for hydroxylation is 2. The van der Waals surface area contributed by atoms with Crippen LogP contribution >= 0.6 is 0 Å². The minimum absolute atomic E-state index is 0.234. The second-order valence-corrected chi connectivity index (χ2v) is 5.18. The van der Waals surface area contributed by atoms with Gasteiger partial charge in [-0.3, -0.25) is 9.48 Å². The number of rotatable bonds is 7. The normalized spacial score (nSPS) is 10.9. The summed E-state index contributed by atoms with van der Waals surface area (Å²) in [5.74, 6) is 0.800. The molecule has 6 heteroatoms. The minimum atomic E-state index is -0.234. The largest absolute Gasteiger partial charge is 0.493 e. The van der Waals surface area contributed by atoms with Crippen molar-refractivity contribution in [2.24, 2.45) is 7.05 Å². The Bertz CT molecular complexity index is 770. The fourth-order valence-corrected chi connectivity index (χ4v) is 2.24. The van der Waals surface area contributed by atoms with E-state index in [9.17, 15) is 4.79 Å². The lowest BCUT2D eigenvalue weighted by atomic mass is 10.2. The third-order valence-corrected chi connectivity index (χ3v) is 3.35. The standard InChI is InChI=1S/C16H22N4O2/c1-6-8-12-13-14(20(5)19-12)16(21)18-15(17-13)10(3)11(4)22-9-7-2/h3-4,6-9H2,1-2,5H3,(H,17,18,21). The van der Waals surface area contributed by atoms with E-state index in [2.05, 4.69) is 35.1 Å². The maximum atomic E-state index is 12.3. The Morgan fingerprint density at radius 3 is 2.68 bits per heavy atom. The Morgan fingerprint density at radius 2 is 2.05 bits per heavy atom. The summed E-state index contributed by atoms with van der Waals surface area (Å²) < 4.78 is 7.04. The lowest BCUT2D eigenvalue weighted by Gasteiger charge is -2.10. The van der Waals surface area contributed by atoms with Crippen LogP contribution in [0.2, 0.25) is 0 Å². The molecule has 0 amide bonds. The van der Waals surface area contributed by atoms with E-state index in [-0.39, 0.29) is 5.56 Å². The van der Waals surface area contributed by atoms with Gasteiger partial charge < -0.3 is 9.72 Å². The molecule has 0 unspecified atom stereocenters. The summed E-state index contributed by atoms with van der Waals surface area (Å²) in [5.41, 5.74) is 2.16. The topological polar surface area (TPSA) is 72.8 Å². The number of nitrogens with zero attached hydrogens (tertiary/aromatic N) is 3. The lowest BCUT2D eigenvalue weighted by Crippen LogP contribution is -2.14. The highest BCUT2D eigenvalue weighted by Gasteiger charge is 2.16. The molecular weight excluding hydrogens is 280 g/mol. The molecule has 0 fully saturated rings. The highest BCUT2D eigenvalue weighted by atomic mass is 16.5. The van der Waals surface area contributed by atoms with Crippen LogP contribution in [0.1, 0.15) is 38.2 Å². The first kappa shape index (κ1) is 16.0. The molecule has 1 N–H and O–H groups in total. The molecule has 0 radical (unpaired) electrons. The maximum Gasteiger partial charge on any atom is 0.277 e. The number of fused-ring (bicyclic) bond motifs is 1. The minimum Gasteiger partial charge on any atom is -0.493 e. The third-order valence-electron chi connectivity index (χ3n) is 3.35. The zero-order chi connectivity index (χ0) is 16.3. The molecular formula is C16H22N4O2. The van der Waals surface area contributed by atoms with E-state index in [0.29, 0.717) is 34.8 Å². The monoisotopic (exact) mass is 302 g/mol. The summed E-state index contributed by atoms with van der Waals surface area (Å²) in [5, 5.41) is 4.39. The molecule has 0 aliphatic rings. The van der Waals surface area contributed by atoms with Gasteiger partial charge in [-0.2, -0.15) is 5.10 Å². The van der Waals surface area contributed by atoms with Gasteiger partial charge in [0.25, 0.3) is 5.56 Å². The Kier molecular flexibility index (Phi) is 4.80. The van der Waals surface area contributed by atoms with Crippen molar-refractivity contribution in [1.29, 1.82) is 0 Å². The van der Waals surface area contributed by atoms with Crippen molar-refractivity contribution in [2.45, 2.75) is 33.1 Å². The molecule has 0 saturated heterocycles. The SMILES string of the molecule is C=C(OCCC)C(=C)c1nc2c(CCC)nn(C)c2c(=O)[nH]1. The zero-order valence-electron chi connectivity index (χ0n) is 13.4. The third kappa shape index (κ3) is 2.95. The number of ether oxygens (including phenoxy) is 1. The Labute approximate surface area is 129 Å². The van der Waals surface area contributed by atoms with Crippen molar-refractivity contribution >= 4 is 16.6 Å².